The van der Waals surface area contributed by atoms with E-state index in [4.69, 9.17) is 9.47 Å². The molecule has 8 heteroatoms. The summed E-state index contributed by atoms with van der Waals surface area (Å²) in [6.45, 7) is 3.21. The highest BCUT2D eigenvalue weighted by atomic mass is 32.1. The van der Waals surface area contributed by atoms with Crippen LogP contribution in [0, 0.1) is 6.92 Å². The van der Waals surface area contributed by atoms with Gasteiger partial charge in [-0.15, -0.1) is 0 Å². The molecule has 4 aromatic rings. The highest BCUT2D eigenvalue weighted by Gasteiger charge is 2.13. The van der Waals surface area contributed by atoms with Gasteiger partial charge in [0, 0.05) is 23.0 Å². The molecule has 1 amide bonds. The second-order valence-electron chi connectivity index (χ2n) is 7.14. The molecule has 2 aromatic carbocycles. The molecule has 0 fully saturated rings. The van der Waals surface area contributed by atoms with Gasteiger partial charge in [-0.25, -0.2) is 9.97 Å². The Kier molecular flexibility index (Phi) is 6.13. The molecule has 2 aromatic heterocycles. The molecule has 7 nitrogen and oxygen atoms in total. The number of nitrogens with zero attached hydrogens (tertiary/aromatic N) is 2. The van der Waals surface area contributed by atoms with Crippen molar-refractivity contribution in [2.45, 2.75) is 13.8 Å². The molecular formula is C24H21N3O4S. The maximum absolute atomic E-state index is 12.4. The highest BCUT2D eigenvalue weighted by molar-refractivity contribution is 7.21. The Morgan fingerprint density at radius 2 is 1.94 bits per heavy atom. The van der Waals surface area contributed by atoms with Crippen molar-refractivity contribution in [3.8, 4) is 22.1 Å². The zero-order valence-electron chi connectivity index (χ0n) is 17.8. The first-order chi connectivity index (χ1) is 15.4. The summed E-state index contributed by atoms with van der Waals surface area (Å²) < 4.78 is 10.9. The van der Waals surface area contributed by atoms with Gasteiger partial charge in [0.05, 0.1) is 7.11 Å². The zero-order valence-corrected chi connectivity index (χ0v) is 18.7. The number of carbonyl (C=O) groups is 2. The summed E-state index contributed by atoms with van der Waals surface area (Å²) in [5.74, 6) is 0.414. The van der Waals surface area contributed by atoms with Crippen molar-refractivity contribution >= 4 is 39.1 Å². The van der Waals surface area contributed by atoms with Gasteiger partial charge in [-0.2, -0.15) is 0 Å². The average Bonchev–Trinajstić information content (AvgIpc) is 3.23. The lowest BCUT2D eigenvalue weighted by atomic mass is 10.1. The first-order valence-corrected chi connectivity index (χ1v) is 10.7. The van der Waals surface area contributed by atoms with Gasteiger partial charge in [-0.3, -0.25) is 9.59 Å². The van der Waals surface area contributed by atoms with Gasteiger partial charge in [-0.1, -0.05) is 11.3 Å². The van der Waals surface area contributed by atoms with E-state index < -0.39 is 0 Å². The fraction of sp³-hybridized carbons (Fsp3) is 0.167. The first-order valence-electron chi connectivity index (χ1n) is 9.89. The molecular weight excluding hydrogens is 426 g/mol. The molecule has 0 spiro atoms. The number of amides is 1. The number of fused-ring (bicyclic) bond motifs is 1. The molecule has 0 saturated heterocycles. The van der Waals surface area contributed by atoms with Gasteiger partial charge >= 0.3 is 0 Å². The first kappa shape index (κ1) is 21.5. The van der Waals surface area contributed by atoms with Crippen molar-refractivity contribution in [2.75, 3.05) is 19.0 Å². The molecule has 162 valence electrons. The van der Waals surface area contributed by atoms with Crippen molar-refractivity contribution in [1.82, 2.24) is 9.97 Å². The van der Waals surface area contributed by atoms with Gasteiger partial charge in [0.1, 0.15) is 15.4 Å². The number of hydrogen-bond donors (Lipinski definition) is 1. The highest BCUT2D eigenvalue weighted by Crippen LogP contribution is 2.31. The standard InChI is InChI=1S/C24H21N3O4S/c1-14-11-17(23-27-19-5-4-10-25-24(19)32-23)6-8-18(14)26-22(29)13-31-20-9-7-16(15(2)28)12-21(20)30-3/h4-12H,13H2,1-3H3,(H,26,29). The number of anilines is 1. The van der Waals surface area contributed by atoms with Gasteiger partial charge in [0.2, 0.25) is 0 Å². The summed E-state index contributed by atoms with van der Waals surface area (Å²) in [5, 5.41) is 3.74. The lowest BCUT2D eigenvalue weighted by Crippen LogP contribution is -2.20. The number of methoxy groups -OCH3 is 1. The normalized spacial score (nSPS) is 10.7. The predicted octanol–water partition coefficient (Wildman–Crippen LogP) is 4.90. The van der Waals surface area contributed by atoms with Crippen molar-refractivity contribution < 1.29 is 19.1 Å². The number of nitrogens with one attached hydrogen (secondary N) is 1. The van der Waals surface area contributed by atoms with Crippen LogP contribution in [0.5, 0.6) is 11.5 Å². The summed E-state index contributed by atoms with van der Waals surface area (Å²) in [6, 6.07) is 14.4. The van der Waals surface area contributed by atoms with Crippen LogP contribution in [-0.2, 0) is 4.79 Å². The number of rotatable bonds is 7. The second kappa shape index (κ2) is 9.15. The Morgan fingerprint density at radius 1 is 1.09 bits per heavy atom. The number of benzene rings is 2. The number of aromatic nitrogens is 2. The third-order valence-electron chi connectivity index (χ3n) is 4.84. The van der Waals surface area contributed by atoms with E-state index in [1.165, 1.54) is 25.4 Å². The monoisotopic (exact) mass is 447 g/mol. The van der Waals surface area contributed by atoms with Gasteiger partial charge in [0.25, 0.3) is 5.91 Å². The van der Waals surface area contributed by atoms with E-state index >= 15 is 0 Å². The average molecular weight is 448 g/mol. The van der Waals surface area contributed by atoms with E-state index in [0.29, 0.717) is 22.7 Å². The van der Waals surface area contributed by atoms with E-state index in [1.807, 2.05) is 37.3 Å². The van der Waals surface area contributed by atoms with Gasteiger partial charge in [-0.05, 0) is 67.9 Å². The summed E-state index contributed by atoms with van der Waals surface area (Å²) in [7, 11) is 1.48. The Labute approximate surface area is 189 Å². The molecule has 0 radical (unpaired) electrons. The summed E-state index contributed by atoms with van der Waals surface area (Å²) in [6.07, 6.45) is 1.75. The van der Waals surface area contributed by atoms with Crippen molar-refractivity contribution in [3.63, 3.8) is 0 Å². The fourth-order valence-corrected chi connectivity index (χ4v) is 4.07. The molecule has 0 aliphatic heterocycles. The second-order valence-corrected chi connectivity index (χ2v) is 8.11. The number of carbonyl (C=O) groups excluding carboxylic acids is 2. The van der Waals surface area contributed by atoms with Crippen LogP contribution in [0.4, 0.5) is 5.69 Å². The number of thiazole rings is 1. The van der Waals surface area contributed by atoms with E-state index in [2.05, 4.69) is 15.3 Å². The molecule has 1 N–H and O–H groups in total. The zero-order chi connectivity index (χ0) is 22.7. The quantitative estimate of drug-likeness (QED) is 0.406. The molecule has 0 aliphatic carbocycles. The van der Waals surface area contributed by atoms with Crippen LogP contribution in [0.15, 0.2) is 54.7 Å². The summed E-state index contributed by atoms with van der Waals surface area (Å²) in [4.78, 5) is 33.8. The smallest absolute Gasteiger partial charge is 0.262 e. The molecule has 2 heterocycles. The minimum absolute atomic E-state index is 0.0753. The van der Waals surface area contributed by atoms with Crippen LogP contribution in [0.3, 0.4) is 0 Å². The number of ether oxygens (including phenoxy) is 2. The van der Waals surface area contributed by atoms with E-state index in [-0.39, 0.29) is 18.3 Å². The lowest BCUT2D eigenvalue weighted by molar-refractivity contribution is -0.118. The van der Waals surface area contributed by atoms with E-state index in [1.54, 1.807) is 24.4 Å². The molecule has 0 saturated carbocycles. The van der Waals surface area contributed by atoms with Gasteiger partial charge in [0.15, 0.2) is 23.9 Å². The SMILES string of the molecule is COc1cc(C(C)=O)ccc1OCC(=O)Nc1ccc(-c2nc3cccnc3s2)cc1C. The van der Waals surface area contributed by atoms with Crippen LogP contribution in [0.1, 0.15) is 22.8 Å². The van der Waals surface area contributed by atoms with Crippen LogP contribution < -0.4 is 14.8 Å². The number of Topliss-reactive ketones (excluding diaryl/α,β-unsaturated/α-hetero) is 1. The van der Waals surface area contributed by atoms with Crippen LogP contribution >= 0.6 is 11.3 Å². The fourth-order valence-electron chi connectivity index (χ4n) is 3.17. The summed E-state index contributed by atoms with van der Waals surface area (Å²) in [5.41, 5.74) is 3.95. The van der Waals surface area contributed by atoms with E-state index in [0.717, 1.165) is 26.5 Å². The Morgan fingerprint density at radius 3 is 2.66 bits per heavy atom. The molecule has 0 bridgehead atoms. The summed E-state index contributed by atoms with van der Waals surface area (Å²) >= 11 is 1.53. The van der Waals surface area contributed by atoms with Crippen LogP contribution in [0.25, 0.3) is 20.9 Å². The molecule has 4 rings (SSSR count). The van der Waals surface area contributed by atoms with Crippen molar-refractivity contribution in [3.05, 3.63) is 65.9 Å². The largest absolute Gasteiger partial charge is 0.493 e. The molecule has 0 atom stereocenters. The number of pyridine rings is 1. The van der Waals surface area contributed by atoms with Crippen molar-refractivity contribution in [2.24, 2.45) is 0 Å². The Hall–Kier alpha value is -3.78. The van der Waals surface area contributed by atoms with Crippen LogP contribution in [0.2, 0.25) is 0 Å². The molecule has 0 unspecified atom stereocenters. The molecule has 0 aliphatic rings. The third-order valence-corrected chi connectivity index (χ3v) is 5.87. The number of hydrogen-bond acceptors (Lipinski definition) is 7. The van der Waals surface area contributed by atoms with Crippen molar-refractivity contribution in [1.29, 1.82) is 0 Å². The maximum Gasteiger partial charge on any atom is 0.262 e. The lowest BCUT2D eigenvalue weighted by Gasteiger charge is -2.13. The molecule has 32 heavy (non-hydrogen) atoms. The van der Waals surface area contributed by atoms with E-state index in [9.17, 15) is 9.59 Å². The number of aryl methyl sites for hydroxylation is 1. The Bertz CT molecular complexity index is 1280. The Balaban J connectivity index is 1.43. The number of ketones is 1. The third kappa shape index (κ3) is 4.60. The maximum atomic E-state index is 12.4. The minimum Gasteiger partial charge on any atom is -0.493 e. The minimum atomic E-state index is -0.303. The predicted molar refractivity (Wildman–Crippen MR) is 125 cm³/mol. The van der Waals surface area contributed by atoms with Crippen LogP contribution in [-0.4, -0.2) is 35.4 Å². The topological polar surface area (TPSA) is 90.4 Å². The van der Waals surface area contributed by atoms with Gasteiger partial charge < -0.3 is 14.8 Å².